The van der Waals surface area contributed by atoms with Crippen molar-refractivity contribution in [2.75, 3.05) is 0 Å². The quantitative estimate of drug-likeness (QED) is 0.847. The molecule has 0 spiro atoms. The van der Waals surface area contributed by atoms with Gasteiger partial charge in [0.25, 0.3) is 0 Å². The number of halogens is 1. The van der Waals surface area contributed by atoms with Gasteiger partial charge in [-0.05, 0) is 31.0 Å². The number of rotatable bonds is 5. The van der Waals surface area contributed by atoms with E-state index < -0.39 is 0 Å². The number of nitrogens with zero attached hydrogens (tertiary/aromatic N) is 1. The van der Waals surface area contributed by atoms with Crippen molar-refractivity contribution < 1.29 is 0 Å². The second-order valence-electron chi connectivity index (χ2n) is 3.91. The zero-order valence-electron chi connectivity index (χ0n) is 9.70. The highest BCUT2D eigenvalue weighted by molar-refractivity contribution is 6.30. The van der Waals surface area contributed by atoms with Crippen LogP contribution in [0.15, 0.2) is 24.3 Å². The lowest BCUT2D eigenvalue weighted by molar-refractivity contribution is 0.448. The summed E-state index contributed by atoms with van der Waals surface area (Å²) in [5, 5.41) is 12.9. The van der Waals surface area contributed by atoms with E-state index in [0.717, 1.165) is 17.0 Å². The number of nitrogens with one attached hydrogen (secondary N) is 1. The molecule has 0 aliphatic rings. The molecule has 0 amide bonds. The monoisotopic (exact) mass is 236 g/mol. The van der Waals surface area contributed by atoms with Gasteiger partial charge < -0.3 is 5.32 Å². The molecule has 16 heavy (non-hydrogen) atoms. The predicted octanol–water partition coefficient (Wildman–Crippen LogP) is 3.68. The van der Waals surface area contributed by atoms with Crippen molar-refractivity contribution in [3.05, 3.63) is 34.9 Å². The van der Waals surface area contributed by atoms with Crippen molar-refractivity contribution in [1.82, 2.24) is 5.32 Å². The average molecular weight is 237 g/mol. The van der Waals surface area contributed by atoms with Gasteiger partial charge in [-0.25, -0.2) is 0 Å². The van der Waals surface area contributed by atoms with Gasteiger partial charge in [-0.15, -0.1) is 0 Å². The van der Waals surface area contributed by atoms with Gasteiger partial charge in [0.05, 0.1) is 12.5 Å². The van der Waals surface area contributed by atoms with Crippen LogP contribution >= 0.6 is 11.6 Å². The molecule has 1 aromatic carbocycles. The number of benzene rings is 1. The van der Waals surface area contributed by atoms with Gasteiger partial charge in [0.15, 0.2) is 0 Å². The van der Waals surface area contributed by atoms with Crippen LogP contribution in [0.5, 0.6) is 0 Å². The van der Waals surface area contributed by atoms with Crippen LogP contribution in [-0.4, -0.2) is 6.04 Å². The minimum atomic E-state index is 0.219. The van der Waals surface area contributed by atoms with Crippen LogP contribution in [0.25, 0.3) is 0 Å². The highest BCUT2D eigenvalue weighted by Crippen LogP contribution is 2.18. The third-order valence-corrected chi connectivity index (χ3v) is 2.90. The van der Waals surface area contributed by atoms with E-state index in [4.69, 9.17) is 16.9 Å². The first kappa shape index (κ1) is 13.0. The van der Waals surface area contributed by atoms with Crippen LogP contribution in [0.1, 0.15) is 38.3 Å². The number of nitriles is 1. The Morgan fingerprint density at radius 1 is 1.50 bits per heavy atom. The van der Waals surface area contributed by atoms with Crippen molar-refractivity contribution in [1.29, 1.82) is 5.26 Å². The number of hydrogen-bond donors (Lipinski definition) is 1. The largest absolute Gasteiger partial charge is 0.306 e. The Labute approximate surface area is 102 Å². The van der Waals surface area contributed by atoms with Gasteiger partial charge in [0.1, 0.15) is 0 Å². The van der Waals surface area contributed by atoms with Gasteiger partial charge in [-0.3, -0.25) is 0 Å². The maximum Gasteiger partial charge on any atom is 0.0638 e. The van der Waals surface area contributed by atoms with Crippen LogP contribution in [0.2, 0.25) is 5.02 Å². The summed E-state index contributed by atoms with van der Waals surface area (Å²) in [6.45, 7) is 4.17. The van der Waals surface area contributed by atoms with Gasteiger partial charge in [-0.2, -0.15) is 5.26 Å². The van der Waals surface area contributed by atoms with Gasteiger partial charge >= 0.3 is 0 Å². The summed E-state index contributed by atoms with van der Waals surface area (Å²) in [4.78, 5) is 0. The van der Waals surface area contributed by atoms with E-state index in [1.165, 1.54) is 0 Å². The highest BCUT2D eigenvalue weighted by atomic mass is 35.5. The Hall–Kier alpha value is -1.04. The topological polar surface area (TPSA) is 35.8 Å². The summed E-state index contributed by atoms with van der Waals surface area (Å²) in [7, 11) is 0. The van der Waals surface area contributed by atoms with Gasteiger partial charge in [-0.1, -0.05) is 30.7 Å². The molecule has 0 heterocycles. The van der Waals surface area contributed by atoms with Crippen molar-refractivity contribution >= 4 is 11.6 Å². The summed E-state index contributed by atoms with van der Waals surface area (Å²) >= 11 is 5.94. The molecular weight excluding hydrogens is 220 g/mol. The lowest BCUT2D eigenvalue weighted by Crippen LogP contribution is -2.30. The molecule has 0 aliphatic heterocycles. The van der Waals surface area contributed by atoms with E-state index in [1.54, 1.807) is 0 Å². The second kappa shape index (κ2) is 6.52. The van der Waals surface area contributed by atoms with Crippen LogP contribution in [0, 0.1) is 11.3 Å². The lowest BCUT2D eigenvalue weighted by atomic mass is 10.1. The molecule has 1 aromatic rings. The fraction of sp³-hybridized carbons (Fsp3) is 0.462. The van der Waals surface area contributed by atoms with Crippen molar-refractivity contribution in [3.63, 3.8) is 0 Å². The minimum absolute atomic E-state index is 0.219. The molecule has 0 fully saturated rings. The first-order chi connectivity index (χ1) is 7.67. The fourth-order valence-corrected chi connectivity index (χ4v) is 1.86. The van der Waals surface area contributed by atoms with E-state index in [9.17, 15) is 0 Å². The van der Waals surface area contributed by atoms with E-state index >= 15 is 0 Å². The molecule has 0 aromatic heterocycles. The maximum atomic E-state index is 8.68. The molecule has 1 N–H and O–H groups in total. The fourth-order valence-electron chi connectivity index (χ4n) is 1.66. The number of hydrogen-bond acceptors (Lipinski definition) is 2. The van der Waals surface area contributed by atoms with Crippen molar-refractivity contribution in [2.45, 2.75) is 38.8 Å². The minimum Gasteiger partial charge on any atom is -0.306 e. The standard InChI is InChI=1S/C13H17ClN2/c1-3-13(7-8-15)16-10(2)11-5-4-6-12(14)9-11/h4-6,9-10,13,16H,3,7H2,1-2H3/t10-,13?/m1/s1. The molecule has 0 bridgehead atoms. The van der Waals surface area contributed by atoms with Gasteiger partial charge in [0.2, 0.25) is 0 Å². The summed E-state index contributed by atoms with van der Waals surface area (Å²) in [5.41, 5.74) is 1.16. The molecule has 0 radical (unpaired) electrons. The maximum absolute atomic E-state index is 8.68. The second-order valence-corrected chi connectivity index (χ2v) is 4.35. The molecule has 3 heteroatoms. The Balaban J connectivity index is 2.64. The summed E-state index contributed by atoms with van der Waals surface area (Å²) < 4.78 is 0. The molecule has 0 aliphatic carbocycles. The van der Waals surface area contributed by atoms with Gasteiger partial charge in [0, 0.05) is 17.1 Å². The molecule has 0 saturated heterocycles. The third kappa shape index (κ3) is 3.84. The first-order valence-corrected chi connectivity index (χ1v) is 5.93. The van der Waals surface area contributed by atoms with E-state index in [-0.39, 0.29) is 12.1 Å². The van der Waals surface area contributed by atoms with E-state index in [1.807, 2.05) is 24.3 Å². The predicted molar refractivity (Wildman–Crippen MR) is 67.3 cm³/mol. The molecule has 2 nitrogen and oxygen atoms in total. The molecule has 86 valence electrons. The molecule has 1 rings (SSSR count). The van der Waals surface area contributed by atoms with Crippen LogP contribution in [0.3, 0.4) is 0 Å². The van der Waals surface area contributed by atoms with Crippen LogP contribution < -0.4 is 5.32 Å². The molecular formula is C13H17ClN2. The Morgan fingerprint density at radius 2 is 2.25 bits per heavy atom. The van der Waals surface area contributed by atoms with Crippen molar-refractivity contribution in [2.24, 2.45) is 0 Å². The Kier molecular flexibility index (Phi) is 5.31. The van der Waals surface area contributed by atoms with E-state index in [0.29, 0.717) is 6.42 Å². The SMILES string of the molecule is CCC(CC#N)N[C@H](C)c1cccc(Cl)c1. The molecule has 1 unspecified atom stereocenters. The normalized spacial score (nSPS) is 14.1. The zero-order valence-corrected chi connectivity index (χ0v) is 10.5. The first-order valence-electron chi connectivity index (χ1n) is 5.55. The van der Waals surface area contributed by atoms with Crippen LogP contribution in [-0.2, 0) is 0 Å². The Morgan fingerprint density at radius 3 is 2.81 bits per heavy atom. The zero-order chi connectivity index (χ0) is 12.0. The molecule has 0 saturated carbocycles. The highest BCUT2D eigenvalue weighted by Gasteiger charge is 2.11. The summed E-state index contributed by atoms with van der Waals surface area (Å²) in [6.07, 6.45) is 1.50. The van der Waals surface area contributed by atoms with Crippen LogP contribution in [0.4, 0.5) is 0 Å². The summed E-state index contributed by atoms with van der Waals surface area (Å²) in [6, 6.07) is 10.5. The average Bonchev–Trinajstić information content (AvgIpc) is 2.28. The molecule has 2 atom stereocenters. The lowest BCUT2D eigenvalue weighted by Gasteiger charge is -2.20. The van der Waals surface area contributed by atoms with E-state index in [2.05, 4.69) is 25.2 Å². The third-order valence-electron chi connectivity index (χ3n) is 2.66. The smallest absolute Gasteiger partial charge is 0.0638 e. The Bertz CT molecular complexity index is 370. The van der Waals surface area contributed by atoms with Crippen molar-refractivity contribution in [3.8, 4) is 6.07 Å². The summed E-state index contributed by atoms with van der Waals surface area (Å²) in [5.74, 6) is 0.